The van der Waals surface area contributed by atoms with Crippen LogP contribution in [0.2, 0.25) is 0 Å². The molecule has 21 heavy (non-hydrogen) atoms. The van der Waals surface area contributed by atoms with Crippen molar-refractivity contribution in [2.24, 2.45) is 5.92 Å². The van der Waals surface area contributed by atoms with Crippen LogP contribution in [-0.2, 0) is 4.79 Å². The number of anilines is 1. The van der Waals surface area contributed by atoms with Gasteiger partial charge in [0.25, 0.3) is 0 Å². The molecule has 1 aromatic carbocycles. The summed E-state index contributed by atoms with van der Waals surface area (Å²) in [6.45, 7) is 8.24. The Labute approximate surface area is 128 Å². The molecule has 0 saturated carbocycles. The van der Waals surface area contributed by atoms with Crippen LogP contribution in [0.3, 0.4) is 0 Å². The normalized spacial score (nSPS) is 19.8. The van der Waals surface area contributed by atoms with Gasteiger partial charge in [0.2, 0.25) is 5.91 Å². The van der Waals surface area contributed by atoms with E-state index in [4.69, 9.17) is 0 Å². The summed E-state index contributed by atoms with van der Waals surface area (Å²) in [5, 5.41) is 3.55. The topological polar surface area (TPSA) is 32.3 Å². The van der Waals surface area contributed by atoms with Crippen molar-refractivity contribution in [3.8, 4) is 0 Å². The molecule has 2 rings (SSSR count). The Bertz CT molecular complexity index is 472. The summed E-state index contributed by atoms with van der Waals surface area (Å²) >= 11 is 0. The van der Waals surface area contributed by atoms with Gasteiger partial charge in [-0.1, -0.05) is 45.4 Å². The predicted octanol–water partition coefficient (Wildman–Crippen LogP) is 3.90. The van der Waals surface area contributed by atoms with Gasteiger partial charge in [-0.25, -0.2) is 0 Å². The molecule has 1 amide bonds. The van der Waals surface area contributed by atoms with Gasteiger partial charge >= 0.3 is 0 Å². The number of hydrogen-bond acceptors (Lipinski definition) is 2. The lowest BCUT2D eigenvalue weighted by molar-refractivity contribution is -0.119. The van der Waals surface area contributed by atoms with Crippen LogP contribution in [-0.4, -0.2) is 19.0 Å². The lowest BCUT2D eigenvalue weighted by atomic mass is 10.0. The molecule has 3 heteroatoms. The first-order chi connectivity index (χ1) is 10.2. The molecular formula is C18H28N2O. The van der Waals surface area contributed by atoms with Crippen LogP contribution < -0.4 is 10.2 Å². The summed E-state index contributed by atoms with van der Waals surface area (Å²) in [6, 6.07) is 8.74. The van der Waals surface area contributed by atoms with Crippen molar-refractivity contribution in [1.29, 1.82) is 0 Å². The Kier molecular flexibility index (Phi) is 5.80. The van der Waals surface area contributed by atoms with E-state index in [1.54, 1.807) is 0 Å². The second-order valence-electron chi connectivity index (χ2n) is 6.07. The van der Waals surface area contributed by atoms with E-state index >= 15 is 0 Å². The summed E-state index contributed by atoms with van der Waals surface area (Å²) in [6.07, 6.45) is 3.86. The maximum absolute atomic E-state index is 12.7. The highest BCUT2D eigenvalue weighted by molar-refractivity contribution is 5.94. The van der Waals surface area contributed by atoms with Gasteiger partial charge in [-0.3, -0.25) is 4.79 Å². The fourth-order valence-corrected chi connectivity index (χ4v) is 3.03. The molecule has 0 spiro atoms. The third kappa shape index (κ3) is 3.85. The summed E-state index contributed by atoms with van der Waals surface area (Å²) in [5.41, 5.74) is 2.38. The summed E-state index contributed by atoms with van der Waals surface area (Å²) in [7, 11) is 0. The minimum absolute atomic E-state index is 0.272. The first kappa shape index (κ1) is 16.0. The SMILES string of the molecule is CCNC1CCCN(C(=O)CC(C)CC)c2ccccc21. The van der Waals surface area contributed by atoms with Gasteiger partial charge in [-0.15, -0.1) is 0 Å². The Morgan fingerprint density at radius 2 is 2.14 bits per heavy atom. The highest BCUT2D eigenvalue weighted by Crippen LogP contribution is 2.33. The molecule has 0 aliphatic carbocycles. The maximum atomic E-state index is 12.7. The molecule has 1 N–H and O–H groups in total. The van der Waals surface area contributed by atoms with Crippen molar-refractivity contribution in [2.75, 3.05) is 18.0 Å². The number of nitrogens with zero attached hydrogens (tertiary/aromatic N) is 1. The summed E-state index contributed by atoms with van der Waals surface area (Å²) in [4.78, 5) is 14.7. The first-order valence-electron chi connectivity index (χ1n) is 8.30. The van der Waals surface area contributed by atoms with Crippen LogP contribution in [0.4, 0.5) is 5.69 Å². The molecule has 1 aliphatic rings. The monoisotopic (exact) mass is 288 g/mol. The van der Waals surface area contributed by atoms with E-state index in [0.717, 1.165) is 38.0 Å². The van der Waals surface area contributed by atoms with Crippen LogP contribution in [0.25, 0.3) is 0 Å². The maximum Gasteiger partial charge on any atom is 0.227 e. The Morgan fingerprint density at radius 3 is 2.86 bits per heavy atom. The number of fused-ring (bicyclic) bond motifs is 1. The molecule has 1 heterocycles. The third-order valence-electron chi connectivity index (χ3n) is 4.45. The van der Waals surface area contributed by atoms with Gasteiger partial charge in [-0.05, 0) is 36.9 Å². The van der Waals surface area contributed by atoms with Crippen molar-refractivity contribution in [3.05, 3.63) is 29.8 Å². The smallest absolute Gasteiger partial charge is 0.227 e. The fourth-order valence-electron chi connectivity index (χ4n) is 3.03. The number of carbonyl (C=O) groups is 1. The van der Waals surface area contributed by atoms with E-state index in [9.17, 15) is 4.79 Å². The van der Waals surface area contributed by atoms with E-state index in [0.29, 0.717) is 18.4 Å². The molecule has 1 aliphatic heterocycles. The van der Waals surface area contributed by atoms with E-state index in [2.05, 4.69) is 44.3 Å². The number of rotatable bonds is 5. The van der Waals surface area contributed by atoms with Gasteiger partial charge < -0.3 is 10.2 Å². The van der Waals surface area contributed by atoms with Gasteiger partial charge in [0.05, 0.1) is 0 Å². The molecule has 2 atom stereocenters. The van der Waals surface area contributed by atoms with Gasteiger partial charge in [0.1, 0.15) is 0 Å². The van der Waals surface area contributed by atoms with Crippen molar-refractivity contribution in [2.45, 2.75) is 52.5 Å². The van der Waals surface area contributed by atoms with Crippen LogP contribution in [0.5, 0.6) is 0 Å². The van der Waals surface area contributed by atoms with Crippen LogP contribution >= 0.6 is 0 Å². The zero-order valence-electron chi connectivity index (χ0n) is 13.6. The Hall–Kier alpha value is -1.35. The fraction of sp³-hybridized carbons (Fsp3) is 0.611. The molecule has 0 radical (unpaired) electrons. The second kappa shape index (κ2) is 7.60. The van der Waals surface area contributed by atoms with Crippen LogP contribution in [0, 0.1) is 5.92 Å². The zero-order valence-corrected chi connectivity index (χ0v) is 13.6. The number of carbonyl (C=O) groups excluding carboxylic acids is 1. The first-order valence-corrected chi connectivity index (χ1v) is 8.30. The Morgan fingerprint density at radius 1 is 1.38 bits per heavy atom. The highest BCUT2D eigenvalue weighted by atomic mass is 16.2. The number of nitrogens with one attached hydrogen (secondary N) is 1. The van der Waals surface area contributed by atoms with Crippen LogP contribution in [0.15, 0.2) is 24.3 Å². The number of para-hydroxylation sites is 1. The zero-order chi connectivity index (χ0) is 15.2. The minimum atomic E-state index is 0.272. The number of benzene rings is 1. The lowest BCUT2D eigenvalue weighted by Gasteiger charge is -2.25. The van der Waals surface area contributed by atoms with E-state index in [-0.39, 0.29) is 5.91 Å². The molecule has 0 fully saturated rings. The number of hydrogen-bond donors (Lipinski definition) is 1. The minimum Gasteiger partial charge on any atom is -0.312 e. The van der Waals surface area contributed by atoms with Crippen molar-refractivity contribution in [3.63, 3.8) is 0 Å². The average Bonchev–Trinajstić information content (AvgIpc) is 2.67. The molecule has 2 unspecified atom stereocenters. The molecule has 3 nitrogen and oxygen atoms in total. The van der Waals surface area contributed by atoms with Gasteiger partial charge in [0, 0.05) is 24.7 Å². The molecule has 0 bridgehead atoms. The quantitative estimate of drug-likeness (QED) is 0.891. The van der Waals surface area contributed by atoms with E-state index in [1.165, 1.54) is 5.56 Å². The van der Waals surface area contributed by atoms with Gasteiger partial charge in [-0.2, -0.15) is 0 Å². The van der Waals surface area contributed by atoms with Crippen LogP contribution in [0.1, 0.15) is 58.1 Å². The summed E-state index contributed by atoms with van der Waals surface area (Å²) in [5.74, 6) is 0.728. The van der Waals surface area contributed by atoms with Gasteiger partial charge in [0.15, 0.2) is 0 Å². The largest absolute Gasteiger partial charge is 0.312 e. The van der Waals surface area contributed by atoms with E-state index in [1.807, 2.05) is 11.0 Å². The average molecular weight is 288 g/mol. The third-order valence-corrected chi connectivity index (χ3v) is 4.45. The van der Waals surface area contributed by atoms with E-state index < -0.39 is 0 Å². The Balaban J connectivity index is 2.26. The van der Waals surface area contributed by atoms with Crippen molar-refractivity contribution < 1.29 is 4.79 Å². The van der Waals surface area contributed by atoms with Crippen molar-refractivity contribution in [1.82, 2.24) is 5.32 Å². The molecule has 116 valence electrons. The molecule has 0 saturated heterocycles. The molecule has 0 aromatic heterocycles. The predicted molar refractivity (Wildman–Crippen MR) is 88.5 cm³/mol. The standard InChI is InChI=1S/C18H28N2O/c1-4-14(3)13-18(21)20-12-8-10-16(19-5-2)15-9-6-7-11-17(15)20/h6-7,9,11,14,16,19H,4-5,8,10,12-13H2,1-3H3. The van der Waals surface area contributed by atoms with Crippen molar-refractivity contribution >= 4 is 11.6 Å². The summed E-state index contributed by atoms with van der Waals surface area (Å²) < 4.78 is 0. The second-order valence-corrected chi connectivity index (χ2v) is 6.07. The number of amides is 1. The highest BCUT2D eigenvalue weighted by Gasteiger charge is 2.26. The molecule has 1 aromatic rings. The molecular weight excluding hydrogens is 260 g/mol. The lowest BCUT2D eigenvalue weighted by Crippen LogP contribution is -2.32.